The molecule has 3 amide bonds. The number of anilines is 2. The number of nitriles is 1. The van der Waals surface area contributed by atoms with E-state index in [0.29, 0.717) is 53.0 Å². The van der Waals surface area contributed by atoms with Gasteiger partial charge in [-0.1, -0.05) is 0 Å². The lowest BCUT2D eigenvalue weighted by Crippen LogP contribution is -2.55. The summed E-state index contributed by atoms with van der Waals surface area (Å²) < 4.78 is 3.60. The van der Waals surface area contributed by atoms with E-state index in [2.05, 4.69) is 53.4 Å². The van der Waals surface area contributed by atoms with Crippen LogP contribution in [0, 0.1) is 18.3 Å². The average Bonchev–Trinajstić information content (AvgIpc) is 3.87. The molecule has 1 aromatic carbocycles. The summed E-state index contributed by atoms with van der Waals surface area (Å²) in [6, 6.07) is 16.5. The number of fused-ring (bicyclic) bond motifs is 2. The minimum absolute atomic E-state index is 0.205. The van der Waals surface area contributed by atoms with Crippen LogP contribution in [0.15, 0.2) is 54.9 Å². The summed E-state index contributed by atoms with van der Waals surface area (Å²) in [4.78, 5) is 50.2. The number of piperazine rings is 1. The van der Waals surface area contributed by atoms with Crippen molar-refractivity contribution in [2.24, 2.45) is 0 Å². The first-order chi connectivity index (χ1) is 28.9. The van der Waals surface area contributed by atoms with Gasteiger partial charge in [0, 0.05) is 80.6 Å². The number of nitrogens with zero attached hydrogens (tertiary/aromatic N) is 9. The van der Waals surface area contributed by atoms with Gasteiger partial charge in [-0.15, -0.1) is 0 Å². The number of hydrogen-bond donors (Lipinski definition) is 3. The molecule has 9 rings (SSSR count). The highest BCUT2D eigenvalue weighted by Crippen LogP contribution is 2.36. The Hall–Kier alpha value is -5.69. The van der Waals surface area contributed by atoms with E-state index in [1.807, 2.05) is 25.1 Å². The van der Waals surface area contributed by atoms with Gasteiger partial charge in [-0.2, -0.15) is 15.5 Å². The normalized spacial score (nSPS) is 22.6. The quantitative estimate of drug-likeness (QED) is 0.179. The molecule has 4 aliphatic rings. The highest BCUT2D eigenvalue weighted by molar-refractivity contribution is 6.05. The highest BCUT2D eigenvalue weighted by atomic mass is 16.3. The minimum Gasteiger partial charge on any atom is -0.386 e. The molecule has 0 spiro atoms. The SMILES string of the molecule is Cc1nc(C2CCC(=O)NC2=O)ccc1N1CCC(N2CCN(C3CCC(n4cc5cc(NC(=O)c6ccc7cc(C#N)cnn67)c(C(C)(C)O)cc5n4)CC3)CC2)CC1. The lowest BCUT2D eigenvalue weighted by atomic mass is 9.89. The molecule has 1 saturated carbocycles. The van der Waals surface area contributed by atoms with Gasteiger partial charge in [0.05, 0.1) is 57.4 Å². The van der Waals surface area contributed by atoms with Crippen LogP contribution < -0.4 is 15.5 Å². The van der Waals surface area contributed by atoms with Crippen molar-refractivity contribution in [2.75, 3.05) is 49.5 Å². The standard InChI is InChI=1S/C45H53N11O4/c1-28-40(12-10-37(48-28)35-9-13-42(57)50-43(35)58)54-16-14-32(15-17-54)53-20-18-52(19-21-53)31-4-6-33(7-5-31)55-27-30-23-39(36(45(2,3)60)24-38(30)51-55)49-44(59)41-11-8-34-22-29(25-46)26-47-56(34)41/h8,10-12,22-24,26-27,31-33,35,60H,4-7,9,13-21H2,1-3H3,(H,49,59)(H,50,57,58). The van der Waals surface area contributed by atoms with Crippen molar-refractivity contribution in [1.29, 1.82) is 5.26 Å². The van der Waals surface area contributed by atoms with Gasteiger partial charge in [0.15, 0.2) is 0 Å². The van der Waals surface area contributed by atoms with Gasteiger partial charge in [-0.3, -0.25) is 39.2 Å². The first kappa shape index (κ1) is 39.8. The summed E-state index contributed by atoms with van der Waals surface area (Å²) in [5.74, 6) is -1.18. The molecule has 1 aliphatic carbocycles. The summed E-state index contributed by atoms with van der Waals surface area (Å²) in [5, 5.41) is 36.0. The molecule has 15 heteroatoms. The Morgan fingerprint density at radius 3 is 2.27 bits per heavy atom. The topological polar surface area (TPSA) is 177 Å². The van der Waals surface area contributed by atoms with E-state index in [9.17, 15) is 24.8 Å². The van der Waals surface area contributed by atoms with Gasteiger partial charge in [0.25, 0.3) is 5.91 Å². The molecule has 3 N–H and O–H groups in total. The van der Waals surface area contributed by atoms with Gasteiger partial charge < -0.3 is 15.3 Å². The Morgan fingerprint density at radius 2 is 1.60 bits per heavy atom. The van der Waals surface area contributed by atoms with Crippen LogP contribution in [-0.4, -0.2) is 108 Å². The molecule has 7 heterocycles. The second-order valence-corrected chi connectivity index (χ2v) is 17.6. The molecule has 312 valence electrons. The Morgan fingerprint density at radius 1 is 0.900 bits per heavy atom. The number of aliphatic hydroxyl groups is 1. The number of rotatable bonds is 8. The van der Waals surface area contributed by atoms with Crippen molar-refractivity contribution in [2.45, 2.75) is 102 Å². The third-order valence-electron chi connectivity index (χ3n) is 13.3. The predicted octanol–water partition coefficient (Wildman–Crippen LogP) is 5.03. The van der Waals surface area contributed by atoms with Crippen LogP contribution in [0.1, 0.15) is 110 Å². The van der Waals surface area contributed by atoms with Crippen LogP contribution in [0.25, 0.3) is 16.4 Å². The molecule has 15 nitrogen and oxygen atoms in total. The molecule has 60 heavy (non-hydrogen) atoms. The molecular formula is C45H53N11O4. The fourth-order valence-electron chi connectivity index (χ4n) is 10.0. The number of pyridine rings is 1. The second kappa shape index (κ2) is 16.1. The van der Waals surface area contributed by atoms with Crippen LogP contribution >= 0.6 is 0 Å². The molecular weight excluding hydrogens is 759 g/mol. The third kappa shape index (κ3) is 7.87. The number of carbonyl (C=O) groups excluding carboxylic acids is 3. The van der Waals surface area contributed by atoms with E-state index in [1.165, 1.54) is 10.7 Å². The number of imide groups is 1. The number of carbonyl (C=O) groups is 3. The van der Waals surface area contributed by atoms with Crippen molar-refractivity contribution >= 4 is 45.5 Å². The van der Waals surface area contributed by atoms with Crippen LogP contribution in [0.3, 0.4) is 0 Å². The lowest BCUT2D eigenvalue weighted by molar-refractivity contribution is -0.134. The van der Waals surface area contributed by atoms with Gasteiger partial charge >= 0.3 is 0 Å². The number of nitrogens with one attached hydrogen (secondary N) is 2. The highest BCUT2D eigenvalue weighted by Gasteiger charge is 2.34. The fourth-order valence-corrected chi connectivity index (χ4v) is 10.0. The van der Waals surface area contributed by atoms with Gasteiger partial charge in [0.1, 0.15) is 11.8 Å². The summed E-state index contributed by atoms with van der Waals surface area (Å²) in [5.41, 5.74) is 4.86. The van der Waals surface area contributed by atoms with Crippen molar-refractivity contribution in [3.05, 3.63) is 83.1 Å². The van der Waals surface area contributed by atoms with E-state index < -0.39 is 5.60 Å². The molecule has 0 bridgehead atoms. The van der Waals surface area contributed by atoms with Crippen LogP contribution in [0.2, 0.25) is 0 Å². The van der Waals surface area contributed by atoms with Crippen LogP contribution in [0.5, 0.6) is 0 Å². The van der Waals surface area contributed by atoms with E-state index in [1.54, 1.807) is 32.0 Å². The summed E-state index contributed by atoms with van der Waals surface area (Å²) in [6.07, 6.45) is 11.0. The van der Waals surface area contributed by atoms with Gasteiger partial charge in [-0.25, -0.2) is 4.52 Å². The zero-order valence-electron chi connectivity index (χ0n) is 34.6. The zero-order chi connectivity index (χ0) is 41.7. The van der Waals surface area contributed by atoms with E-state index >= 15 is 0 Å². The predicted molar refractivity (Wildman–Crippen MR) is 227 cm³/mol. The monoisotopic (exact) mass is 811 g/mol. The molecule has 3 aliphatic heterocycles. The zero-order valence-corrected chi connectivity index (χ0v) is 34.6. The van der Waals surface area contributed by atoms with Crippen molar-refractivity contribution < 1.29 is 19.5 Å². The molecule has 1 atom stereocenters. The fraction of sp³-hybridized carbons (Fsp3) is 0.489. The molecule has 0 radical (unpaired) electrons. The summed E-state index contributed by atoms with van der Waals surface area (Å²) in [6.45, 7) is 11.8. The number of piperidine rings is 2. The Balaban J connectivity index is 0.775. The maximum Gasteiger partial charge on any atom is 0.274 e. The number of benzene rings is 1. The summed E-state index contributed by atoms with van der Waals surface area (Å²) >= 11 is 0. The van der Waals surface area contributed by atoms with Gasteiger partial charge in [-0.05, 0) is 108 Å². The molecule has 4 fully saturated rings. The third-order valence-corrected chi connectivity index (χ3v) is 13.3. The van der Waals surface area contributed by atoms with Crippen molar-refractivity contribution in [3.8, 4) is 6.07 Å². The first-order valence-corrected chi connectivity index (χ1v) is 21.4. The number of aryl methyl sites for hydroxylation is 1. The maximum atomic E-state index is 13.5. The lowest BCUT2D eigenvalue weighted by Gasteiger charge is -2.46. The molecule has 3 saturated heterocycles. The molecule has 4 aromatic heterocycles. The Bertz CT molecular complexity index is 2490. The summed E-state index contributed by atoms with van der Waals surface area (Å²) in [7, 11) is 0. The van der Waals surface area contributed by atoms with E-state index in [4.69, 9.17) is 10.1 Å². The van der Waals surface area contributed by atoms with Crippen molar-refractivity contribution in [1.82, 2.24) is 39.5 Å². The van der Waals surface area contributed by atoms with Crippen molar-refractivity contribution in [3.63, 3.8) is 0 Å². The molecule has 1 unspecified atom stereocenters. The average molecular weight is 812 g/mol. The largest absolute Gasteiger partial charge is 0.386 e. The van der Waals surface area contributed by atoms with Gasteiger partial charge in [0.2, 0.25) is 11.8 Å². The van der Waals surface area contributed by atoms with E-state index in [-0.39, 0.29) is 29.7 Å². The van der Waals surface area contributed by atoms with Crippen LogP contribution in [-0.2, 0) is 15.2 Å². The number of amides is 3. The maximum absolute atomic E-state index is 13.5. The number of hydrogen-bond acceptors (Lipinski definition) is 11. The first-order valence-electron chi connectivity index (χ1n) is 21.4. The second-order valence-electron chi connectivity index (χ2n) is 17.6. The Kier molecular flexibility index (Phi) is 10.6. The smallest absolute Gasteiger partial charge is 0.274 e. The number of aromatic nitrogens is 5. The Labute approximate surface area is 349 Å². The molecule has 5 aromatic rings. The minimum atomic E-state index is -1.23. The van der Waals surface area contributed by atoms with Crippen LogP contribution in [0.4, 0.5) is 11.4 Å². The van der Waals surface area contributed by atoms with E-state index in [0.717, 1.165) is 106 Å².